The first-order chi connectivity index (χ1) is 7.56. The van der Waals surface area contributed by atoms with E-state index in [1.54, 1.807) is 0 Å². The topological polar surface area (TPSA) is 23.5 Å². The van der Waals surface area contributed by atoms with E-state index in [0.717, 1.165) is 43.8 Å². The highest BCUT2D eigenvalue weighted by molar-refractivity contribution is 6.29. The van der Waals surface area contributed by atoms with Crippen LogP contribution in [-0.2, 0) is 0 Å². The second-order valence-corrected chi connectivity index (χ2v) is 5.13. The van der Waals surface area contributed by atoms with Crippen LogP contribution >= 0.6 is 11.6 Å². The summed E-state index contributed by atoms with van der Waals surface area (Å²) in [5.74, 6) is 0. The molecule has 1 heterocycles. The van der Waals surface area contributed by atoms with Gasteiger partial charge in [0.1, 0.15) is 0 Å². The average Bonchev–Trinajstić information content (AvgIpc) is 2.29. The van der Waals surface area contributed by atoms with Crippen LogP contribution in [0.2, 0.25) is 0 Å². The van der Waals surface area contributed by atoms with Gasteiger partial charge in [0.05, 0.1) is 5.60 Å². The van der Waals surface area contributed by atoms with Gasteiger partial charge < -0.3 is 10.0 Å². The summed E-state index contributed by atoms with van der Waals surface area (Å²) < 4.78 is 0. The van der Waals surface area contributed by atoms with Crippen LogP contribution in [0.1, 0.15) is 32.6 Å². The number of hydrogen-bond acceptors (Lipinski definition) is 2. The lowest BCUT2D eigenvalue weighted by Gasteiger charge is -2.35. The molecule has 0 aromatic carbocycles. The number of halogens is 1. The molecular formula is C13H22ClNO. The normalized spacial score (nSPS) is 22.9. The summed E-state index contributed by atoms with van der Waals surface area (Å²) in [5.41, 5.74) is -0.495. The van der Waals surface area contributed by atoms with E-state index in [4.69, 9.17) is 11.6 Å². The van der Waals surface area contributed by atoms with Crippen molar-refractivity contribution < 1.29 is 5.11 Å². The first-order valence-electron chi connectivity index (χ1n) is 5.92. The van der Waals surface area contributed by atoms with Crippen molar-refractivity contribution >= 4 is 11.6 Å². The summed E-state index contributed by atoms with van der Waals surface area (Å²) in [6.45, 7) is 3.90. The van der Waals surface area contributed by atoms with Gasteiger partial charge in [0.15, 0.2) is 0 Å². The fraction of sp³-hybridized carbons (Fsp3) is 0.692. The maximum absolute atomic E-state index is 10.3. The highest BCUT2D eigenvalue weighted by Gasteiger charge is 2.29. The molecule has 2 nitrogen and oxygen atoms in total. The van der Waals surface area contributed by atoms with Crippen molar-refractivity contribution in [2.75, 3.05) is 20.1 Å². The van der Waals surface area contributed by atoms with Crippen molar-refractivity contribution in [2.45, 2.75) is 38.2 Å². The van der Waals surface area contributed by atoms with Crippen LogP contribution in [-0.4, -0.2) is 35.7 Å². The van der Waals surface area contributed by atoms with Crippen LogP contribution in [0.3, 0.4) is 0 Å². The van der Waals surface area contributed by atoms with Crippen LogP contribution in [0.5, 0.6) is 0 Å². The summed E-state index contributed by atoms with van der Waals surface area (Å²) in [5, 5.41) is 11.1. The first kappa shape index (κ1) is 13.8. The Labute approximate surface area is 104 Å². The van der Waals surface area contributed by atoms with Gasteiger partial charge in [0, 0.05) is 24.5 Å². The monoisotopic (exact) mass is 243 g/mol. The Kier molecular flexibility index (Phi) is 5.53. The minimum atomic E-state index is -0.495. The third-order valence-corrected chi connectivity index (χ3v) is 3.58. The van der Waals surface area contributed by atoms with Crippen LogP contribution in [0.4, 0.5) is 0 Å². The molecule has 0 aromatic heterocycles. The molecular weight excluding hydrogens is 222 g/mol. The van der Waals surface area contributed by atoms with E-state index in [9.17, 15) is 5.11 Å². The van der Waals surface area contributed by atoms with E-state index in [2.05, 4.69) is 18.0 Å². The second-order valence-electron chi connectivity index (χ2n) is 4.64. The fourth-order valence-electron chi connectivity index (χ4n) is 1.86. The maximum Gasteiger partial charge on any atom is 0.0706 e. The van der Waals surface area contributed by atoms with E-state index >= 15 is 0 Å². The van der Waals surface area contributed by atoms with Crippen molar-refractivity contribution in [2.24, 2.45) is 0 Å². The fourth-order valence-corrected chi connectivity index (χ4v) is 1.94. The Morgan fingerprint density at radius 1 is 1.38 bits per heavy atom. The molecule has 1 rings (SSSR count). The van der Waals surface area contributed by atoms with Gasteiger partial charge in [-0.25, -0.2) is 0 Å². The summed E-state index contributed by atoms with van der Waals surface area (Å²) in [6, 6.07) is 0. The predicted octanol–water partition coefficient (Wildman–Crippen LogP) is 2.92. The third kappa shape index (κ3) is 4.69. The highest BCUT2D eigenvalue weighted by Crippen LogP contribution is 2.25. The molecule has 1 aliphatic heterocycles. The lowest BCUT2D eigenvalue weighted by Crippen LogP contribution is -2.42. The molecule has 3 heteroatoms. The van der Waals surface area contributed by atoms with Crippen molar-refractivity contribution in [3.8, 4) is 0 Å². The molecule has 0 saturated carbocycles. The van der Waals surface area contributed by atoms with E-state index in [-0.39, 0.29) is 0 Å². The Morgan fingerprint density at radius 2 is 2.00 bits per heavy atom. The molecule has 0 aromatic rings. The van der Waals surface area contributed by atoms with E-state index in [0.29, 0.717) is 0 Å². The molecule has 0 spiro atoms. The Balaban J connectivity index is 2.31. The number of hydrogen-bond donors (Lipinski definition) is 1. The van der Waals surface area contributed by atoms with E-state index in [1.807, 2.05) is 19.1 Å². The van der Waals surface area contributed by atoms with Crippen LogP contribution in [0, 0.1) is 0 Å². The number of aliphatic hydroxyl groups is 1. The highest BCUT2D eigenvalue weighted by atomic mass is 35.5. The molecule has 92 valence electrons. The summed E-state index contributed by atoms with van der Waals surface area (Å²) in [7, 11) is 2.10. The van der Waals surface area contributed by atoms with Crippen molar-refractivity contribution in [3.05, 3.63) is 23.3 Å². The summed E-state index contributed by atoms with van der Waals surface area (Å²) in [6.07, 6.45) is 9.24. The number of rotatable bonds is 4. The minimum Gasteiger partial charge on any atom is -0.389 e. The van der Waals surface area contributed by atoms with Crippen molar-refractivity contribution in [3.63, 3.8) is 0 Å². The van der Waals surface area contributed by atoms with Gasteiger partial charge in [0.25, 0.3) is 0 Å². The Morgan fingerprint density at radius 3 is 2.56 bits per heavy atom. The lowest BCUT2D eigenvalue weighted by molar-refractivity contribution is -0.0128. The van der Waals surface area contributed by atoms with Crippen LogP contribution in [0.15, 0.2) is 23.3 Å². The van der Waals surface area contributed by atoms with Gasteiger partial charge in [-0.1, -0.05) is 29.8 Å². The van der Waals surface area contributed by atoms with Gasteiger partial charge in [0.2, 0.25) is 0 Å². The molecule has 1 N–H and O–H groups in total. The molecule has 0 aliphatic carbocycles. The largest absolute Gasteiger partial charge is 0.389 e. The molecule has 0 radical (unpaired) electrons. The second kappa shape index (κ2) is 6.43. The molecule has 1 fully saturated rings. The minimum absolute atomic E-state index is 0.495. The lowest BCUT2D eigenvalue weighted by atomic mass is 9.88. The smallest absolute Gasteiger partial charge is 0.0706 e. The van der Waals surface area contributed by atoms with Gasteiger partial charge >= 0.3 is 0 Å². The zero-order valence-corrected chi connectivity index (χ0v) is 11.0. The number of likely N-dealkylation sites (tertiary alicyclic amines) is 1. The molecule has 0 amide bonds. The molecule has 0 unspecified atom stereocenters. The van der Waals surface area contributed by atoms with Gasteiger partial charge in [-0.15, -0.1) is 0 Å². The van der Waals surface area contributed by atoms with Gasteiger partial charge in [-0.05, 0) is 33.2 Å². The first-order valence-corrected chi connectivity index (χ1v) is 6.30. The van der Waals surface area contributed by atoms with E-state index < -0.39 is 5.60 Å². The molecule has 16 heavy (non-hydrogen) atoms. The van der Waals surface area contributed by atoms with Crippen LogP contribution < -0.4 is 0 Å². The van der Waals surface area contributed by atoms with Crippen LogP contribution in [0.25, 0.3) is 0 Å². The molecule has 0 bridgehead atoms. The number of nitrogens with zero attached hydrogens (tertiary/aromatic N) is 1. The van der Waals surface area contributed by atoms with Crippen molar-refractivity contribution in [1.82, 2.24) is 4.90 Å². The zero-order chi connectivity index (χ0) is 12.0. The average molecular weight is 244 g/mol. The van der Waals surface area contributed by atoms with Gasteiger partial charge in [-0.3, -0.25) is 0 Å². The standard InChI is InChI=1S/C13H22ClNO/c1-3-12(14)6-4-5-7-13(16)8-10-15(2)11-9-13/h3-5,16H,6-11H2,1-2H3/b5-4-,12-3+. The van der Waals surface area contributed by atoms with Crippen molar-refractivity contribution in [1.29, 1.82) is 0 Å². The molecule has 0 atom stereocenters. The molecule has 1 aliphatic rings. The summed E-state index contributed by atoms with van der Waals surface area (Å²) in [4.78, 5) is 2.26. The molecule has 1 saturated heterocycles. The quantitative estimate of drug-likeness (QED) is 0.768. The third-order valence-electron chi connectivity index (χ3n) is 3.21. The SMILES string of the molecule is C/C=C(/Cl)C/C=C\CC1(O)CCN(C)CC1. The predicted molar refractivity (Wildman–Crippen MR) is 69.7 cm³/mol. The number of allylic oxidation sites excluding steroid dienone is 3. The summed E-state index contributed by atoms with van der Waals surface area (Å²) >= 11 is 5.88. The maximum atomic E-state index is 10.3. The Bertz CT molecular complexity index is 265. The van der Waals surface area contributed by atoms with Gasteiger partial charge in [-0.2, -0.15) is 0 Å². The van der Waals surface area contributed by atoms with E-state index in [1.165, 1.54) is 0 Å². The Hall–Kier alpha value is -0.310. The zero-order valence-electron chi connectivity index (χ0n) is 10.2. The number of piperidine rings is 1.